The second kappa shape index (κ2) is 5.07. The van der Waals surface area contributed by atoms with Gasteiger partial charge >= 0.3 is 0 Å². The molecule has 0 spiro atoms. The Labute approximate surface area is 127 Å². The summed E-state index contributed by atoms with van der Waals surface area (Å²) in [5, 5.41) is 8.45. The zero-order chi connectivity index (χ0) is 14.9. The molecular weight excluding hydrogens is 278 g/mol. The van der Waals surface area contributed by atoms with Gasteiger partial charge in [0.2, 0.25) is 0 Å². The molecule has 0 aliphatic carbocycles. The number of para-hydroxylation sites is 1. The van der Waals surface area contributed by atoms with Gasteiger partial charge in [0.15, 0.2) is 5.69 Å². The number of nitrogens with zero attached hydrogens (tertiary/aromatic N) is 5. The van der Waals surface area contributed by atoms with E-state index in [1.165, 1.54) is 11.0 Å². The van der Waals surface area contributed by atoms with Crippen molar-refractivity contribution in [3.8, 4) is 5.69 Å². The minimum absolute atomic E-state index is 0.125. The molecular formula is C16H13N5O. The van der Waals surface area contributed by atoms with Gasteiger partial charge in [-0.3, -0.25) is 9.78 Å². The maximum Gasteiger partial charge on any atom is 0.276 e. The minimum atomic E-state index is -0.125. The maximum absolute atomic E-state index is 12.5. The van der Waals surface area contributed by atoms with Crippen LogP contribution in [0.3, 0.4) is 0 Å². The van der Waals surface area contributed by atoms with Gasteiger partial charge in [0, 0.05) is 12.7 Å². The predicted octanol–water partition coefficient (Wildman–Crippen LogP) is 1.82. The van der Waals surface area contributed by atoms with Gasteiger partial charge < -0.3 is 4.90 Å². The van der Waals surface area contributed by atoms with Crippen LogP contribution in [-0.4, -0.2) is 30.8 Å². The fourth-order valence-electron chi connectivity index (χ4n) is 2.55. The summed E-state index contributed by atoms with van der Waals surface area (Å²) in [5.41, 5.74) is 3.21. The van der Waals surface area contributed by atoms with E-state index < -0.39 is 0 Å². The van der Waals surface area contributed by atoms with Gasteiger partial charge in [-0.05, 0) is 23.8 Å². The monoisotopic (exact) mass is 291 g/mol. The fraction of sp³-hybridized carbons (Fsp3) is 0.125. The zero-order valence-electron chi connectivity index (χ0n) is 11.8. The lowest BCUT2D eigenvalue weighted by Crippen LogP contribution is -2.25. The summed E-state index contributed by atoms with van der Waals surface area (Å²) in [6.45, 7) is 1.09. The smallest absolute Gasteiger partial charge is 0.276 e. The molecule has 0 radical (unpaired) electrons. The van der Waals surface area contributed by atoms with Crippen LogP contribution in [0.4, 0.5) is 0 Å². The average Bonchev–Trinajstić information content (AvgIpc) is 3.22. The van der Waals surface area contributed by atoms with Gasteiger partial charge in [-0.2, -0.15) is 9.90 Å². The topological polar surface area (TPSA) is 63.9 Å². The van der Waals surface area contributed by atoms with Gasteiger partial charge in [0.1, 0.15) is 0 Å². The molecule has 0 saturated heterocycles. The first-order valence-corrected chi connectivity index (χ1v) is 7.01. The average molecular weight is 291 g/mol. The second-order valence-corrected chi connectivity index (χ2v) is 5.13. The number of carbonyl (C=O) groups is 1. The Hall–Kier alpha value is -3.02. The standard InChI is InChI=1S/C16H13N5O/c22-16(20-10-12-5-4-8-17-15(12)11-20)14-9-18-21(19-14)13-6-2-1-3-7-13/h1-9H,10-11H2. The van der Waals surface area contributed by atoms with Gasteiger partial charge in [-0.15, -0.1) is 5.10 Å². The first kappa shape index (κ1) is 12.7. The molecule has 2 aromatic heterocycles. The summed E-state index contributed by atoms with van der Waals surface area (Å²) in [4.78, 5) is 20.0. The molecule has 6 heteroatoms. The normalized spacial score (nSPS) is 13.2. The highest BCUT2D eigenvalue weighted by molar-refractivity contribution is 5.92. The number of pyridine rings is 1. The summed E-state index contributed by atoms with van der Waals surface area (Å²) in [6, 6.07) is 13.4. The van der Waals surface area contributed by atoms with Gasteiger partial charge in [0.05, 0.1) is 24.1 Å². The van der Waals surface area contributed by atoms with E-state index in [9.17, 15) is 4.79 Å². The highest BCUT2D eigenvalue weighted by Gasteiger charge is 2.26. The minimum Gasteiger partial charge on any atom is -0.327 e. The third kappa shape index (κ3) is 2.14. The van der Waals surface area contributed by atoms with Crippen LogP contribution in [0.15, 0.2) is 54.9 Å². The molecule has 3 heterocycles. The third-order valence-corrected chi connectivity index (χ3v) is 3.67. The number of hydrogen-bond donors (Lipinski definition) is 0. The van der Waals surface area contributed by atoms with Crippen molar-refractivity contribution in [1.29, 1.82) is 0 Å². The molecule has 22 heavy (non-hydrogen) atoms. The van der Waals surface area contributed by atoms with Crippen molar-refractivity contribution in [3.63, 3.8) is 0 Å². The summed E-state index contributed by atoms with van der Waals surface area (Å²) in [7, 11) is 0. The first-order valence-electron chi connectivity index (χ1n) is 7.01. The van der Waals surface area contributed by atoms with Crippen molar-refractivity contribution >= 4 is 5.91 Å². The number of carbonyl (C=O) groups excluding carboxylic acids is 1. The highest BCUT2D eigenvalue weighted by atomic mass is 16.2. The molecule has 0 unspecified atom stereocenters. The van der Waals surface area contributed by atoms with Crippen LogP contribution in [0.25, 0.3) is 5.69 Å². The number of fused-ring (bicyclic) bond motifs is 1. The summed E-state index contributed by atoms with van der Waals surface area (Å²) in [6.07, 6.45) is 3.25. The number of hydrogen-bond acceptors (Lipinski definition) is 4. The third-order valence-electron chi connectivity index (χ3n) is 3.67. The van der Waals surface area contributed by atoms with E-state index in [0.717, 1.165) is 16.9 Å². The lowest BCUT2D eigenvalue weighted by Gasteiger charge is -2.12. The van der Waals surface area contributed by atoms with Crippen molar-refractivity contribution in [2.45, 2.75) is 13.1 Å². The van der Waals surface area contributed by atoms with E-state index in [0.29, 0.717) is 18.8 Å². The SMILES string of the molecule is O=C(c1cnn(-c2ccccc2)n1)N1Cc2cccnc2C1. The number of rotatable bonds is 2. The van der Waals surface area contributed by atoms with E-state index in [1.807, 2.05) is 42.5 Å². The van der Waals surface area contributed by atoms with E-state index >= 15 is 0 Å². The quantitative estimate of drug-likeness (QED) is 0.722. The van der Waals surface area contributed by atoms with E-state index in [-0.39, 0.29) is 5.91 Å². The summed E-state index contributed by atoms with van der Waals surface area (Å²) >= 11 is 0. The van der Waals surface area contributed by atoms with Crippen molar-refractivity contribution in [1.82, 2.24) is 24.9 Å². The van der Waals surface area contributed by atoms with Crippen LogP contribution in [-0.2, 0) is 13.1 Å². The van der Waals surface area contributed by atoms with E-state index in [2.05, 4.69) is 15.2 Å². The Morgan fingerprint density at radius 2 is 1.91 bits per heavy atom. The van der Waals surface area contributed by atoms with Crippen molar-refractivity contribution < 1.29 is 4.79 Å². The molecule has 1 amide bonds. The molecule has 108 valence electrons. The van der Waals surface area contributed by atoms with Gasteiger partial charge in [0.25, 0.3) is 5.91 Å². The molecule has 0 atom stereocenters. The van der Waals surface area contributed by atoms with Gasteiger partial charge in [-0.25, -0.2) is 0 Å². The van der Waals surface area contributed by atoms with Crippen LogP contribution in [0.1, 0.15) is 21.7 Å². The fourth-order valence-corrected chi connectivity index (χ4v) is 2.55. The molecule has 0 fully saturated rings. The molecule has 0 bridgehead atoms. The van der Waals surface area contributed by atoms with E-state index in [4.69, 9.17) is 0 Å². The molecule has 0 N–H and O–H groups in total. The lowest BCUT2D eigenvalue weighted by molar-refractivity contribution is 0.0744. The van der Waals surface area contributed by atoms with Crippen LogP contribution >= 0.6 is 0 Å². The van der Waals surface area contributed by atoms with Crippen LogP contribution in [0.5, 0.6) is 0 Å². The predicted molar refractivity (Wildman–Crippen MR) is 79.2 cm³/mol. The Morgan fingerprint density at radius 1 is 1.05 bits per heavy atom. The van der Waals surface area contributed by atoms with Crippen LogP contribution in [0, 0.1) is 0 Å². The lowest BCUT2D eigenvalue weighted by atomic mass is 10.2. The number of benzene rings is 1. The Morgan fingerprint density at radius 3 is 2.73 bits per heavy atom. The molecule has 1 aromatic carbocycles. The molecule has 4 rings (SSSR count). The number of amides is 1. The van der Waals surface area contributed by atoms with Crippen molar-refractivity contribution in [2.24, 2.45) is 0 Å². The van der Waals surface area contributed by atoms with Crippen molar-refractivity contribution in [3.05, 3.63) is 71.8 Å². The Bertz CT molecular complexity index is 802. The van der Waals surface area contributed by atoms with Crippen LogP contribution < -0.4 is 0 Å². The van der Waals surface area contributed by atoms with Crippen LogP contribution in [0.2, 0.25) is 0 Å². The number of aromatic nitrogens is 4. The molecule has 1 aliphatic rings. The van der Waals surface area contributed by atoms with Gasteiger partial charge in [-0.1, -0.05) is 24.3 Å². The first-order chi connectivity index (χ1) is 10.8. The Balaban J connectivity index is 1.57. The largest absolute Gasteiger partial charge is 0.327 e. The summed E-state index contributed by atoms with van der Waals surface area (Å²) in [5.74, 6) is -0.125. The molecule has 6 nitrogen and oxygen atoms in total. The van der Waals surface area contributed by atoms with E-state index in [1.54, 1.807) is 11.1 Å². The second-order valence-electron chi connectivity index (χ2n) is 5.13. The molecule has 0 saturated carbocycles. The van der Waals surface area contributed by atoms with Crippen molar-refractivity contribution in [2.75, 3.05) is 0 Å². The summed E-state index contributed by atoms with van der Waals surface area (Å²) < 4.78 is 0. The molecule has 3 aromatic rings. The maximum atomic E-state index is 12.5. The highest BCUT2D eigenvalue weighted by Crippen LogP contribution is 2.21. The Kier molecular flexibility index (Phi) is 2.93. The zero-order valence-corrected chi connectivity index (χ0v) is 11.8. The molecule has 1 aliphatic heterocycles.